The molecular formula is C21H29N5O3. The van der Waals surface area contributed by atoms with E-state index >= 15 is 0 Å². The van der Waals surface area contributed by atoms with Gasteiger partial charge in [-0.1, -0.05) is 11.2 Å². The summed E-state index contributed by atoms with van der Waals surface area (Å²) in [4.78, 5) is 26.1. The Balaban J connectivity index is 1.37. The molecule has 2 fully saturated rings. The normalized spacial score (nSPS) is 20.8. The molecule has 2 saturated heterocycles. The van der Waals surface area contributed by atoms with Crippen LogP contribution in [-0.2, 0) is 16.0 Å². The summed E-state index contributed by atoms with van der Waals surface area (Å²) in [5.41, 5.74) is 0.667. The van der Waals surface area contributed by atoms with E-state index in [2.05, 4.69) is 32.0 Å². The summed E-state index contributed by atoms with van der Waals surface area (Å²) in [6.07, 6.45) is 6.80. The van der Waals surface area contributed by atoms with E-state index in [1.165, 1.54) is 0 Å². The van der Waals surface area contributed by atoms with E-state index in [0.29, 0.717) is 36.8 Å². The lowest BCUT2D eigenvalue weighted by Crippen LogP contribution is -2.49. The number of piperidine rings is 1. The van der Waals surface area contributed by atoms with Gasteiger partial charge in [0.25, 0.3) is 0 Å². The fourth-order valence-electron chi connectivity index (χ4n) is 4.08. The van der Waals surface area contributed by atoms with Crippen molar-refractivity contribution in [1.29, 1.82) is 0 Å². The number of hydrogen-bond acceptors (Lipinski definition) is 7. The first-order valence-corrected chi connectivity index (χ1v) is 10.5. The van der Waals surface area contributed by atoms with Crippen molar-refractivity contribution >= 4 is 5.91 Å². The largest absolute Gasteiger partial charge is 0.376 e. The number of carbonyl (C=O) groups is 1. The van der Waals surface area contributed by atoms with Gasteiger partial charge in [0.05, 0.1) is 6.10 Å². The fraction of sp³-hybridized carbons (Fsp3) is 0.619. The molecular weight excluding hydrogens is 370 g/mol. The second-order valence-corrected chi connectivity index (χ2v) is 7.94. The summed E-state index contributed by atoms with van der Waals surface area (Å²) in [7, 11) is 2.14. The molecule has 29 heavy (non-hydrogen) atoms. The first-order chi connectivity index (χ1) is 14.2. The number of rotatable bonds is 7. The number of carbonyl (C=O) groups excluding carboxylic acids is 1. The predicted octanol–water partition coefficient (Wildman–Crippen LogP) is 2.17. The molecule has 0 aliphatic carbocycles. The number of aromatic nitrogens is 3. The Labute approximate surface area is 171 Å². The average molecular weight is 399 g/mol. The number of pyridine rings is 1. The van der Waals surface area contributed by atoms with E-state index in [-0.39, 0.29) is 18.1 Å². The third-order valence-corrected chi connectivity index (χ3v) is 5.79. The zero-order valence-electron chi connectivity index (χ0n) is 17.0. The van der Waals surface area contributed by atoms with Crippen LogP contribution in [0.1, 0.15) is 38.0 Å². The van der Waals surface area contributed by atoms with Gasteiger partial charge in [0.1, 0.15) is 5.69 Å². The third kappa shape index (κ3) is 5.19. The lowest BCUT2D eigenvalue weighted by molar-refractivity contribution is -0.136. The van der Waals surface area contributed by atoms with Gasteiger partial charge in [0.2, 0.25) is 17.6 Å². The molecule has 0 unspecified atom stereocenters. The van der Waals surface area contributed by atoms with Crippen LogP contribution in [0.2, 0.25) is 0 Å². The number of hydrogen-bond donors (Lipinski definition) is 0. The van der Waals surface area contributed by atoms with Gasteiger partial charge in [-0.25, -0.2) is 0 Å². The highest BCUT2D eigenvalue weighted by molar-refractivity contribution is 5.76. The van der Waals surface area contributed by atoms with Gasteiger partial charge in [0.15, 0.2) is 0 Å². The van der Waals surface area contributed by atoms with Gasteiger partial charge >= 0.3 is 0 Å². The highest BCUT2D eigenvalue weighted by atomic mass is 16.5. The maximum absolute atomic E-state index is 13.1. The second-order valence-electron chi connectivity index (χ2n) is 7.94. The van der Waals surface area contributed by atoms with Gasteiger partial charge in [-0.3, -0.25) is 9.78 Å². The highest BCUT2D eigenvalue weighted by Gasteiger charge is 2.30. The topological polar surface area (TPSA) is 84.6 Å². The molecule has 0 spiro atoms. The number of nitrogens with zero attached hydrogens (tertiary/aromatic N) is 5. The van der Waals surface area contributed by atoms with Gasteiger partial charge in [-0.2, -0.15) is 4.98 Å². The minimum absolute atomic E-state index is 0.146. The molecule has 2 aromatic heterocycles. The zero-order valence-corrected chi connectivity index (χ0v) is 17.0. The van der Waals surface area contributed by atoms with Crippen LogP contribution in [0.5, 0.6) is 0 Å². The average Bonchev–Trinajstić information content (AvgIpc) is 3.44. The van der Waals surface area contributed by atoms with Crippen LogP contribution in [0.25, 0.3) is 11.5 Å². The van der Waals surface area contributed by atoms with Crippen molar-refractivity contribution < 1.29 is 14.1 Å². The molecule has 0 aromatic carbocycles. The minimum Gasteiger partial charge on any atom is -0.376 e. The van der Waals surface area contributed by atoms with Gasteiger partial charge in [-0.05, 0) is 58.0 Å². The van der Waals surface area contributed by atoms with Crippen molar-refractivity contribution in [3.05, 3.63) is 30.3 Å². The smallest absolute Gasteiger partial charge is 0.227 e. The van der Waals surface area contributed by atoms with Crippen molar-refractivity contribution in [3.63, 3.8) is 0 Å². The minimum atomic E-state index is 0.146. The lowest BCUT2D eigenvalue weighted by Gasteiger charge is -2.38. The molecule has 0 saturated carbocycles. The molecule has 1 atom stereocenters. The van der Waals surface area contributed by atoms with E-state index in [9.17, 15) is 4.79 Å². The van der Waals surface area contributed by atoms with E-state index in [4.69, 9.17) is 9.26 Å². The number of ether oxygens (including phenoxy) is 1. The summed E-state index contributed by atoms with van der Waals surface area (Å²) in [6, 6.07) is 5.85. The summed E-state index contributed by atoms with van der Waals surface area (Å²) in [5.74, 6) is 1.08. The molecule has 4 heterocycles. The molecule has 1 amide bonds. The maximum Gasteiger partial charge on any atom is 0.227 e. The van der Waals surface area contributed by atoms with E-state index < -0.39 is 0 Å². The van der Waals surface area contributed by atoms with Crippen molar-refractivity contribution in [3.8, 4) is 11.5 Å². The molecule has 4 rings (SSSR count). The zero-order chi connectivity index (χ0) is 20.1. The molecule has 0 bridgehead atoms. The lowest BCUT2D eigenvalue weighted by atomic mass is 10.0. The summed E-state index contributed by atoms with van der Waals surface area (Å²) in [6.45, 7) is 3.54. The summed E-state index contributed by atoms with van der Waals surface area (Å²) in [5, 5.41) is 3.99. The van der Waals surface area contributed by atoms with Crippen LogP contribution >= 0.6 is 0 Å². The van der Waals surface area contributed by atoms with Crippen molar-refractivity contribution in [2.24, 2.45) is 0 Å². The molecule has 2 aliphatic rings. The second kappa shape index (κ2) is 9.45. The Morgan fingerprint density at radius 3 is 2.86 bits per heavy atom. The van der Waals surface area contributed by atoms with Crippen molar-refractivity contribution in [2.75, 3.05) is 33.3 Å². The predicted molar refractivity (Wildman–Crippen MR) is 107 cm³/mol. The Hall–Kier alpha value is -2.32. The first-order valence-electron chi connectivity index (χ1n) is 10.5. The van der Waals surface area contributed by atoms with E-state index in [0.717, 1.165) is 45.4 Å². The Kier molecular flexibility index (Phi) is 6.51. The maximum atomic E-state index is 13.1. The summed E-state index contributed by atoms with van der Waals surface area (Å²) >= 11 is 0. The molecule has 2 aliphatic heterocycles. The van der Waals surface area contributed by atoms with Crippen LogP contribution in [0, 0.1) is 0 Å². The van der Waals surface area contributed by atoms with Crippen LogP contribution in [0.4, 0.5) is 0 Å². The van der Waals surface area contributed by atoms with Crippen LogP contribution in [0.3, 0.4) is 0 Å². The standard InChI is InChI=1S/C21H29N5O3/c1-25-12-9-16(10-13-25)26(15-17-5-4-14-28-17)20(27)8-7-19-23-21(24-29-19)18-6-2-3-11-22-18/h2-3,6,11,16-17H,4-5,7-10,12-15H2,1H3/t17-/m1/s1. The number of aryl methyl sites for hydroxylation is 1. The van der Waals surface area contributed by atoms with Crippen LogP contribution < -0.4 is 0 Å². The van der Waals surface area contributed by atoms with E-state index in [1.54, 1.807) is 6.20 Å². The molecule has 8 heteroatoms. The molecule has 156 valence electrons. The third-order valence-electron chi connectivity index (χ3n) is 5.79. The van der Waals surface area contributed by atoms with Gasteiger partial charge in [0, 0.05) is 38.2 Å². The first kappa shape index (κ1) is 20.0. The van der Waals surface area contributed by atoms with Gasteiger partial charge in [-0.15, -0.1) is 0 Å². The number of likely N-dealkylation sites (tertiary alicyclic amines) is 1. The van der Waals surface area contributed by atoms with Crippen molar-refractivity contribution in [1.82, 2.24) is 24.9 Å². The molecule has 0 radical (unpaired) electrons. The Bertz CT molecular complexity index is 783. The SMILES string of the molecule is CN1CCC(N(C[C@H]2CCCO2)C(=O)CCc2nc(-c3ccccn3)no2)CC1. The van der Waals surface area contributed by atoms with Crippen molar-refractivity contribution in [2.45, 2.75) is 50.7 Å². The Morgan fingerprint density at radius 1 is 1.28 bits per heavy atom. The summed E-state index contributed by atoms with van der Waals surface area (Å²) < 4.78 is 11.1. The highest BCUT2D eigenvalue weighted by Crippen LogP contribution is 2.21. The quantitative estimate of drug-likeness (QED) is 0.705. The monoisotopic (exact) mass is 399 g/mol. The van der Waals surface area contributed by atoms with Crippen LogP contribution in [-0.4, -0.2) is 76.3 Å². The number of amides is 1. The molecule has 8 nitrogen and oxygen atoms in total. The van der Waals surface area contributed by atoms with Crippen LogP contribution in [0.15, 0.2) is 28.9 Å². The fourth-order valence-corrected chi connectivity index (χ4v) is 4.08. The molecule has 0 N–H and O–H groups in total. The van der Waals surface area contributed by atoms with Gasteiger partial charge < -0.3 is 19.1 Å². The van der Waals surface area contributed by atoms with E-state index in [1.807, 2.05) is 18.2 Å². The Morgan fingerprint density at radius 2 is 2.14 bits per heavy atom. The molecule has 2 aromatic rings.